The summed E-state index contributed by atoms with van der Waals surface area (Å²) in [6.07, 6.45) is 3.05. The van der Waals surface area contributed by atoms with Crippen LogP contribution in [0.15, 0.2) is 34.9 Å². The molecule has 1 N–H and O–H groups in total. The second kappa shape index (κ2) is 7.04. The molecule has 0 spiro atoms. The van der Waals surface area contributed by atoms with Gasteiger partial charge < -0.3 is 9.84 Å². The Kier molecular flexibility index (Phi) is 5.10. The molecule has 0 fully saturated rings. The molecule has 1 aromatic heterocycles. The van der Waals surface area contributed by atoms with Crippen molar-refractivity contribution < 1.29 is 4.52 Å². The number of nitrogens with one attached hydrogen (secondary N) is 1. The summed E-state index contributed by atoms with van der Waals surface area (Å²) in [4.78, 5) is 4.40. The quantitative estimate of drug-likeness (QED) is 0.830. The summed E-state index contributed by atoms with van der Waals surface area (Å²) in [7, 11) is 0. The smallest absolute Gasteiger partial charge is 0.240 e. The van der Waals surface area contributed by atoms with Crippen LogP contribution < -0.4 is 5.32 Å². The molecular formula is C15H21N3O. The molecule has 1 heterocycles. The van der Waals surface area contributed by atoms with Gasteiger partial charge in [-0.05, 0) is 18.9 Å². The Labute approximate surface area is 114 Å². The van der Waals surface area contributed by atoms with Crippen molar-refractivity contribution >= 4 is 0 Å². The van der Waals surface area contributed by atoms with Crippen molar-refractivity contribution in [2.24, 2.45) is 0 Å². The van der Waals surface area contributed by atoms with Gasteiger partial charge in [-0.2, -0.15) is 4.98 Å². The summed E-state index contributed by atoms with van der Waals surface area (Å²) in [6, 6.07) is 10.7. The third-order valence-corrected chi connectivity index (χ3v) is 3.04. The molecule has 0 aliphatic rings. The third kappa shape index (κ3) is 4.48. The lowest BCUT2D eigenvalue weighted by molar-refractivity contribution is 0.353. The molecule has 0 amide bonds. The molecule has 4 nitrogen and oxygen atoms in total. The average Bonchev–Trinajstić information content (AvgIpc) is 2.86. The van der Waals surface area contributed by atoms with E-state index in [0.717, 1.165) is 18.7 Å². The maximum absolute atomic E-state index is 5.24. The molecule has 2 aromatic rings. The fourth-order valence-electron chi connectivity index (χ4n) is 2.01. The zero-order valence-electron chi connectivity index (χ0n) is 11.6. The van der Waals surface area contributed by atoms with Gasteiger partial charge >= 0.3 is 0 Å². The lowest BCUT2D eigenvalue weighted by Crippen LogP contribution is -2.25. The van der Waals surface area contributed by atoms with Crippen molar-refractivity contribution in [1.29, 1.82) is 0 Å². The van der Waals surface area contributed by atoms with Crippen LogP contribution in [0.5, 0.6) is 0 Å². The molecule has 4 heteroatoms. The van der Waals surface area contributed by atoms with Crippen LogP contribution in [0.4, 0.5) is 0 Å². The fourth-order valence-corrected chi connectivity index (χ4v) is 2.01. The van der Waals surface area contributed by atoms with Gasteiger partial charge in [0.05, 0.1) is 6.54 Å². The fraction of sp³-hybridized carbons (Fsp3) is 0.467. The highest BCUT2D eigenvalue weighted by Gasteiger charge is 2.08. The molecule has 2 rings (SSSR count). The van der Waals surface area contributed by atoms with E-state index in [9.17, 15) is 0 Å². The minimum atomic E-state index is 0.481. The van der Waals surface area contributed by atoms with Gasteiger partial charge in [0.1, 0.15) is 0 Å². The number of nitrogens with zero attached hydrogens (tertiary/aromatic N) is 2. The van der Waals surface area contributed by atoms with E-state index in [1.54, 1.807) is 0 Å². The highest BCUT2D eigenvalue weighted by molar-refractivity contribution is 5.18. The van der Waals surface area contributed by atoms with E-state index in [0.29, 0.717) is 18.5 Å². The van der Waals surface area contributed by atoms with Gasteiger partial charge in [0.2, 0.25) is 5.89 Å². The number of aromatic nitrogens is 2. The van der Waals surface area contributed by atoms with E-state index in [1.807, 2.05) is 18.2 Å². The zero-order chi connectivity index (χ0) is 13.5. The van der Waals surface area contributed by atoms with Crippen LogP contribution in [0.1, 0.15) is 44.0 Å². The van der Waals surface area contributed by atoms with Crippen LogP contribution in [0.2, 0.25) is 0 Å². The molecule has 1 unspecified atom stereocenters. The van der Waals surface area contributed by atoms with E-state index < -0.39 is 0 Å². The maximum atomic E-state index is 5.24. The Morgan fingerprint density at radius 3 is 2.79 bits per heavy atom. The lowest BCUT2D eigenvalue weighted by atomic mass is 10.1. The van der Waals surface area contributed by atoms with E-state index in [1.165, 1.54) is 12.0 Å². The second-order valence-corrected chi connectivity index (χ2v) is 4.84. The van der Waals surface area contributed by atoms with Crippen LogP contribution in [0, 0.1) is 0 Å². The van der Waals surface area contributed by atoms with Crippen LogP contribution in [-0.4, -0.2) is 16.2 Å². The van der Waals surface area contributed by atoms with Crippen LogP contribution >= 0.6 is 0 Å². The van der Waals surface area contributed by atoms with Gasteiger partial charge in [-0.1, -0.05) is 48.8 Å². The van der Waals surface area contributed by atoms with Crippen molar-refractivity contribution in [2.75, 3.05) is 0 Å². The minimum absolute atomic E-state index is 0.481. The summed E-state index contributed by atoms with van der Waals surface area (Å²) in [6.45, 7) is 5.00. The number of hydrogen-bond acceptors (Lipinski definition) is 4. The minimum Gasteiger partial charge on any atom is -0.338 e. The summed E-state index contributed by atoms with van der Waals surface area (Å²) in [5.41, 5.74) is 1.20. The molecule has 102 valence electrons. The monoisotopic (exact) mass is 259 g/mol. The van der Waals surface area contributed by atoms with Gasteiger partial charge in [0, 0.05) is 12.5 Å². The van der Waals surface area contributed by atoms with E-state index in [2.05, 4.69) is 41.4 Å². The first-order chi connectivity index (χ1) is 9.28. The zero-order valence-corrected chi connectivity index (χ0v) is 11.6. The first-order valence-electron chi connectivity index (χ1n) is 6.86. The van der Waals surface area contributed by atoms with E-state index >= 15 is 0 Å². The molecule has 0 aliphatic carbocycles. The molecule has 1 atom stereocenters. The Morgan fingerprint density at radius 2 is 2.05 bits per heavy atom. The molecule has 0 bridgehead atoms. The van der Waals surface area contributed by atoms with Crippen molar-refractivity contribution in [2.45, 2.75) is 45.7 Å². The molecule has 0 radical (unpaired) electrons. The van der Waals surface area contributed by atoms with Crippen LogP contribution in [-0.2, 0) is 13.0 Å². The standard InChI is InChI=1S/C15H21N3O/c1-3-7-12(2)16-11-15-17-14(18-19-15)10-13-8-5-4-6-9-13/h4-6,8-9,12,16H,3,7,10-11H2,1-2H3. The van der Waals surface area contributed by atoms with Gasteiger partial charge in [-0.25, -0.2) is 0 Å². The first-order valence-corrected chi connectivity index (χ1v) is 6.86. The van der Waals surface area contributed by atoms with E-state index in [-0.39, 0.29) is 0 Å². The van der Waals surface area contributed by atoms with Crippen molar-refractivity contribution in [3.8, 4) is 0 Å². The Morgan fingerprint density at radius 1 is 1.26 bits per heavy atom. The number of hydrogen-bond donors (Lipinski definition) is 1. The predicted octanol–water partition coefficient (Wildman–Crippen LogP) is 2.94. The van der Waals surface area contributed by atoms with Crippen LogP contribution in [0.3, 0.4) is 0 Å². The molecular weight excluding hydrogens is 238 g/mol. The van der Waals surface area contributed by atoms with Crippen molar-refractivity contribution in [3.05, 3.63) is 47.6 Å². The molecule has 19 heavy (non-hydrogen) atoms. The Balaban J connectivity index is 1.85. The number of benzene rings is 1. The van der Waals surface area contributed by atoms with Gasteiger partial charge in [-0.3, -0.25) is 0 Å². The largest absolute Gasteiger partial charge is 0.338 e. The summed E-state index contributed by atoms with van der Waals surface area (Å²) in [5.74, 6) is 1.40. The normalized spacial score (nSPS) is 12.5. The molecule has 0 saturated heterocycles. The predicted molar refractivity (Wildman–Crippen MR) is 74.8 cm³/mol. The highest BCUT2D eigenvalue weighted by atomic mass is 16.5. The summed E-state index contributed by atoms with van der Waals surface area (Å²) >= 11 is 0. The summed E-state index contributed by atoms with van der Waals surface area (Å²) < 4.78 is 5.24. The SMILES string of the molecule is CCCC(C)NCc1nc(Cc2ccccc2)no1. The Bertz CT molecular complexity index is 481. The molecule has 1 aromatic carbocycles. The van der Waals surface area contributed by atoms with Crippen molar-refractivity contribution in [1.82, 2.24) is 15.5 Å². The van der Waals surface area contributed by atoms with Gasteiger partial charge in [0.15, 0.2) is 5.82 Å². The van der Waals surface area contributed by atoms with E-state index in [4.69, 9.17) is 4.52 Å². The number of rotatable bonds is 7. The van der Waals surface area contributed by atoms with Gasteiger partial charge in [-0.15, -0.1) is 0 Å². The maximum Gasteiger partial charge on any atom is 0.240 e. The van der Waals surface area contributed by atoms with Gasteiger partial charge in [0.25, 0.3) is 0 Å². The lowest BCUT2D eigenvalue weighted by Gasteiger charge is -2.09. The first kappa shape index (κ1) is 13.7. The van der Waals surface area contributed by atoms with Crippen LogP contribution in [0.25, 0.3) is 0 Å². The summed E-state index contributed by atoms with van der Waals surface area (Å²) in [5, 5.41) is 7.39. The highest BCUT2D eigenvalue weighted by Crippen LogP contribution is 2.06. The Hall–Kier alpha value is -1.68. The topological polar surface area (TPSA) is 51.0 Å². The van der Waals surface area contributed by atoms with Crippen molar-refractivity contribution in [3.63, 3.8) is 0 Å². The molecule has 0 aliphatic heterocycles. The average molecular weight is 259 g/mol. The molecule has 0 saturated carbocycles. The third-order valence-electron chi connectivity index (χ3n) is 3.04. The second-order valence-electron chi connectivity index (χ2n) is 4.84.